The molecule has 0 spiro atoms. The number of hydrogen-bond donors (Lipinski definition) is 2. The van der Waals surface area contributed by atoms with E-state index in [4.69, 9.17) is 11.6 Å². The van der Waals surface area contributed by atoms with Crippen molar-refractivity contribution in [2.75, 3.05) is 19.0 Å². The lowest BCUT2D eigenvalue weighted by atomic mass is 10.3. The summed E-state index contributed by atoms with van der Waals surface area (Å²) in [7, 11) is 1.89. The molecule has 0 saturated heterocycles. The van der Waals surface area contributed by atoms with Crippen molar-refractivity contribution in [2.24, 2.45) is 0 Å². The molecule has 1 rings (SSSR count). The highest BCUT2D eigenvalue weighted by Crippen LogP contribution is 2.12. The molecule has 0 saturated carbocycles. The van der Waals surface area contributed by atoms with Crippen molar-refractivity contribution < 1.29 is 0 Å². The van der Waals surface area contributed by atoms with Crippen LogP contribution >= 0.6 is 11.6 Å². The Bertz CT molecular complexity index is 208. The van der Waals surface area contributed by atoms with Crippen LogP contribution in [-0.2, 0) is 0 Å². The third-order valence-corrected chi connectivity index (χ3v) is 1.57. The minimum atomic E-state index is 0.764. The van der Waals surface area contributed by atoms with Gasteiger partial charge in [0.05, 0.1) is 6.67 Å². The molecule has 0 amide bonds. The van der Waals surface area contributed by atoms with E-state index >= 15 is 0 Å². The number of nitrogens with one attached hydrogen (secondary N) is 2. The van der Waals surface area contributed by atoms with E-state index in [1.807, 2.05) is 31.3 Å². The SMILES string of the molecule is CNCNc1ccc(Cl)cc1. The summed E-state index contributed by atoms with van der Waals surface area (Å²) in [5, 5.41) is 6.90. The van der Waals surface area contributed by atoms with Gasteiger partial charge in [-0.3, -0.25) is 0 Å². The fraction of sp³-hybridized carbons (Fsp3) is 0.250. The Hall–Kier alpha value is -0.730. The lowest BCUT2D eigenvalue weighted by Crippen LogP contribution is -2.16. The predicted octanol–water partition coefficient (Wildman–Crippen LogP) is 1.93. The monoisotopic (exact) mass is 170 g/mol. The topological polar surface area (TPSA) is 24.1 Å². The van der Waals surface area contributed by atoms with Crippen LogP contribution < -0.4 is 10.6 Å². The zero-order valence-electron chi connectivity index (χ0n) is 6.39. The maximum Gasteiger partial charge on any atom is 0.0650 e. The fourth-order valence-corrected chi connectivity index (χ4v) is 0.884. The van der Waals surface area contributed by atoms with Crippen molar-refractivity contribution in [3.8, 4) is 0 Å². The van der Waals surface area contributed by atoms with Crippen molar-refractivity contribution in [3.05, 3.63) is 29.3 Å². The van der Waals surface area contributed by atoms with Crippen LogP contribution in [0.5, 0.6) is 0 Å². The maximum absolute atomic E-state index is 5.70. The second-order valence-electron chi connectivity index (χ2n) is 2.21. The Balaban J connectivity index is 2.52. The standard InChI is InChI=1S/C8H11ClN2/c1-10-6-11-8-4-2-7(9)3-5-8/h2-5,10-11H,6H2,1H3. The Labute approximate surface area is 71.6 Å². The predicted molar refractivity (Wildman–Crippen MR) is 49.0 cm³/mol. The van der Waals surface area contributed by atoms with E-state index < -0.39 is 0 Å². The van der Waals surface area contributed by atoms with Gasteiger partial charge in [0, 0.05) is 10.7 Å². The fourth-order valence-electron chi connectivity index (χ4n) is 0.758. The summed E-state index contributed by atoms with van der Waals surface area (Å²) in [4.78, 5) is 0. The molecule has 0 aliphatic carbocycles. The van der Waals surface area contributed by atoms with Crippen LogP contribution in [0.2, 0.25) is 5.02 Å². The second-order valence-corrected chi connectivity index (χ2v) is 2.65. The smallest absolute Gasteiger partial charge is 0.0650 e. The van der Waals surface area contributed by atoms with E-state index in [0.717, 1.165) is 17.4 Å². The first-order chi connectivity index (χ1) is 5.33. The van der Waals surface area contributed by atoms with E-state index in [1.54, 1.807) is 0 Å². The van der Waals surface area contributed by atoms with Gasteiger partial charge in [-0.2, -0.15) is 0 Å². The largest absolute Gasteiger partial charge is 0.372 e. The van der Waals surface area contributed by atoms with E-state index in [2.05, 4.69) is 10.6 Å². The van der Waals surface area contributed by atoms with Crippen LogP contribution in [0, 0.1) is 0 Å². The second kappa shape index (κ2) is 4.21. The first kappa shape index (κ1) is 8.37. The van der Waals surface area contributed by atoms with Gasteiger partial charge in [0.2, 0.25) is 0 Å². The zero-order valence-corrected chi connectivity index (χ0v) is 7.15. The molecule has 0 fully saturated rings. The maximum atomic E-state index is 5.70. The van der Waals surface area contributed by atoms with Gasteiger partial charge < -0.3 is 10.6 Å². The molecule has 3 heteroatoms. The number of hydrogen-bond acceptors (Lipinski definition) is 2. The third kappa shape index (κ3) is 2.78. The molecule has 11 heavy (non-hydrogen) atoms. The highest BCUT2D eigenvalue weighted by molar-refractivity contribution is 6.30. The van der Waals surface area contributed by atoms with Crippen molar-refractivity contribution in [1.29, 1.82) is 0 Å². The molecule has 0 aliphatic heterocycles. The molecule has 1 aromatic rings. The molecular formula is C8H11ClN2. The van der Waals surface area contributed by atoms with Gasteiger partial charge in [-0.15, -0.1) is 0 Å². The normalized spacial score (nSPS) is 9.64. The van der Waals surface area contributed by atoms with E-state index in [1.165, 1.54) is 0 Å². The lowest BCUT2D eigenvalue weighted by Gasteiger charge is -2.03. The molecule has 0 unspecified atom stereocenters. The van der Waals surface area contributed by atoms with Crippen molar-refractivity contribution >= 4 is 17.3 Å². The van der Waals surface area contributed by atoms with Crippen molar-refractivity contribution in [2.45, 2.75) is 0 Å². The van der Waals surface area contributed by atoms with Gasteiger partial charge in [-0.1, -0.05) is 11.6 Å². The third-order valence-electron chi connectivity index (χ3n) is 1.31. The minimum Gasteiger partial charge on any atom is -0.372 e. The summed E-state index contributed by atoms with van der Waals surface area (Å²) in [6.07, 6.45) is 0. The number of benzene rings is 1. The van der Waals surface area contributed by atoms with Crippen LogP contribution in [-0.4, -0.2) is 13.7 Å². The molecule has 2 N–H and O–H groups in total. The molecular weight excluding hydrogens is 160 g/mol. The Morgan fingerprint density at radius 1 is 1.27 bits per heavy atom. The van der Waals surface area contributed by atoms with Gasteiger partial charge >= 0.3 is 0 Å². The first-order valence-electron chi connectivity index (χ1n) is 3.47. The Morgan fingerprint density at radius 3 is 2.45 bits per heavy atom. The summed E-state index contributed by atoms with van der Waals surface area (Å²) >= 11 is 5.70. The van der Waals surface area contributed by atoms with Gasteiger partial charge in [0.15, 0.2) is 0 Å². The van der Waals surface area contributed by atoms with Crippen molar-refractivity contribution in [1.82, 2.24) is 5.32 Å². The average Bonchev–Trinajstić information content (AvgIpc) is 2.04. The Kier molecular flexibility index (Phi) is 3.20. The van der Waals surface area contributed by atoms with Crippen LogP contribution in [0.3, 0.4) is 0 Å². The molecule has 1 aromatic carbocycles. The van der Waals surface area contributed by atoms with Crippen LogP contribution in [0.25, 0.3) is 0 Å². The van der Waals surface area contributed by atoms with E-state index in [0.29, 0.717) is 0 Å². The Morgan fingerprint density at radius 2 is 1.91 bits per heavy atom. The van der Waals surface area contributed by atoms with Gasteiger partial charge in [0.1, 0.15) is 0 Å². The summed E-state index contributed by atoms with van der Waals surface area (Å²) in [6, 6.07) is 7.61. The van der Waals surface area contributed by atoms with Crippen LogP contribution in [0.4, 0.5) is 5.69 Å². The molecule has 0 aromatic heterocycles. The zero-order chi connectivity index (χ0) is 8.10. The highest BCUT2D eigenvalue weighted by atomic mass is 35.5. The number of halogens is 1. The van der Waals surface area contributed by atoms with Gasteiger partial charge in [-0.05, 0) is 31.3 Å². The number of anilines is 1. The molecule has 60 valence electrons. The molecule has 0 bridgehead atoms. The summed E-state index contributed by atoms with van der Waals surface area (Å²) in [6.45, 7) is 0.766. The molecule has 0 atom stereocenters. The van der Waals surface area contributed by atoms with Crippen molar-refractivity contribution in [3.63, 3.8) is 0 Å². The van der Waals surface area contributed by atoms with E-state index in [9.17, 15) is 0 Å². The lowest BCUT2D eigenvalue weighted by molar-refractivity contribution is 0.874. The minimum absolute atomic E-state index is 0.764. The highest BCUT2D eigenvalue weighted by Gasteiger charge is 1.88. The van der Waals surface area contributed by atoms with Crippen LogP contribution in [0.1, 0.15) is 0 Å². The first-order valence-corrected chi connectivity index (χ1v) is 3.85. The number of rotatable bonds is 3. The van der Waals surface area contributed by atoms with E-state index in [-0.39, 0.29) is 0 Å². The van der Waals surface area contributed by atoms with Gasteiger partial charge in [-0.25, -0.2) is 0 Å². The quantitative estimate of drug-likeness (QED) is 0.678. The average molecular weight is 171 g/mol. The van der Waals surface area contributed by atoms with Gasteiger partial charge in [0.25, 0.3) is 0 Å². The summed E-state index contributed by atoms with van der Waals surface area (Å²) < 4.78 is 0. The molecule has 0 aliphatic rings. The molecule has 2 nitrogen and oxygen atoms in total. The molecule has 0 heterocycles. The summed E-state index contributed by atoms with van der Waals surface area (Å²) in [5.74, 6) is 0. The summed E-state index contributed by atoms with van der Waals surface area (Å²) in [5.41, 5.74) is 1.07. The molecule has 0 radical (unpaired) electrons. The van der Waals surface area contributed by atoms with Crippen LogP contribution in [0.15, 0.2) is 24.3 Å².